The van der Waals surface area contributed by atoms with E-state index in [0.717, 1.165) is 26.0 Å². The Morgan fingerprint density at radius 2 is 1.86 bits per heavy atom. The van der Waals surface area contributed by atoms with Crippen LogP contribution in [0.25, 0.3) is 0 Å². The van der Waals surface area contributed by atoms with Crippen molar-refractivity contribution in [2.24, 2.45) is 5.41 Å². The second kappa shape index (κ2) is 10.9. The van der Waals surface area contributed by atoms with Gasteiger partial charge in [-0.1, -0.05) is 25.6 Å². The van der Waals surface area contributed by atoms with Gasteiger partial charge < -0.3 is 15.4 Å². The summed E-state index contributed by atoms with van der Waals surface area (Å²) >= 11 is 0.736. The molecule has 0 saturated carbocycles. The van der Waals surface area contributed by atoms with Crippen LogP contribution in [0, 0.1) is 5.41 Å². The van der Waals surface area contributed by atoms with Crippen molar-refractivity contribution in [2.45, 2.75) is 26.4 Å². The van der Waals surface area contributed by atoms with Crippen LogP contribution in [0.2, 0.25) is 0 Å². The van der Waals surface area contributed by atoms with Gasteiger partial charge in [0.05, 0.1) is 13.7 Å². The van der Waals surface area contributed by atoms with Crippen LogP contribution in [-0.4, -0.2) is 68.7 Å². The number of esters is 1. The summed E-state index contributed by atoms with van der Waals surface area (Å²) in [7, 11) is -1.50. The van der Waals surface area contributed by atoms with Gasteiger partial charge in [0.1, 0.15) is 0 Å². The van der Waals surface area contributed by atoms with E-state index in [4.69, 9.17) is 13.6 Å². The Morgan fingerprint density at radius 3 is 2.46 bits per heavy atom. The number of ether oxygens (including phenoxy) is 1. The van der Waals surface area contributed by atoms with Gasteiger partial charge in [0.15, 0.2) is 6.10 Å². The van der Waals surface area contributed by atoms with Gasteiger partial charge in [-0.25, -0.2) is 9.36 Å². The first-order valence-electron chi connectivity index (χ1n) is 8.33. The van der Waals surface area contributed by atoms with Gasteiger partial charge in [-0.2, -0.15) is 0 Å². The number of hydrogen-bond donors (Lipinski definition) is 2. The van der Waals surface area contributed by atoms with Crippen molar-refractivity contribution in [3.8, 4) is 0 Å². The first-order valence-corrected chi connectivity index (χ1v) is 10.8. The highest BCUT2D eigenvalue weighted by atomic mass is 32.2. The van der Waals surface area contributed by atoms with Crippen molar-refractivity contribution in [1.82, 2.24) is 10.6 Å². The molecule has 0 aromatic rings. The van der Waals surface area contributed by atoms with Crippen LogP contribution in [0.1, 0.15) is 20.3 Å². The number of hydrogen-bond acceptors (Lipinski definition) is 10. The number of carbonyl (C=O) groups is 4. The first-order chi connectivity index (χ1) is 13.0. The Bertz CT molecular complexity index is 655. The third-order valence-corrected chi connectivity index (χ3v) is 5.86. The van der Waals surface area contributed by atoms with E-state index < -0.39 is 36.3 Å². The summed E-state index contributed by atoms with van der Waals surface area (Å²) in [5.74, 6) is -1.61. The van der Waals surface area contributed by atoms with Crippen molar-refractivity contribution in [3.05, 3.63) is 0 Å². The summed E-state index contributed by atoms with van der Waals surface area (Å²) in [6, 6.07) is 0. The molecule has 1 saturated heterocycles. The van der Waals surface area contributed by atoms with E-state index in [2.05, 4.69) is 15.4 Å². The van der Waals surface area contributed by atoms with E-state index in [1.807, 2.05) is 0 Å². The molecular formula is C15H25N2O9PS. The highest BCUT2D eigenvalue weighted by molar-refractivity contribution is 8.15. The molecule has 0 aromatic heterocycles. The number of methoxy groups -OCH3 is 1. The maximum atomic E-state index is 12.3. The fourth-order valence-corrected chi connectivity index (χ4v) is 4.05. The average molecular weight is 440 g/mol. The highest BCUT2D eigenvalue weighted by Gasteiger charge is 2.48. The molecule has 11 nitrogen and oxygen atoms in total. The third kappa shape index (κ3) is 7.51. The minimum atomic E-state index is -3.77. The van der Waals surface area contributed by atoms with Crippen LogP contribution in [0.3, 0.4) is 0 Å². The smallest absolute Gasteiger partial charge is 0.463 e. The lowest BCUT2D eigenvalue weighted by Gasteiger charge is -2.39. The molecule has 1 aliphatic rings. The molecule has 28 heavy (non-hydrogen) atoms. The number of phosphoric acid groups is 1. The van der Waals surface area contributed by atoms with E-state index >= 15 is 0 Å². The van der Waals surface area contributed by atoms with E-state index in [0.29, 0.717) is 0 Å². The zero-order chi connectivity index (χ0) is 21.4. The summed E-state index contributed by atoms with van der Waals surface area (Å²) < 4.78 is 31.3. The number of nitrogens with one attached hydrogen (secondary N) is 2. The second-order valence-corrected chi connectivity index (χ2v) is 9.19. The standard InChI is InChI=1S/C15H25N2O9PS/c1-15(2)9-25-27(22,24-4)26-11(15)12(19)17-6-5-10(18)16-7-8-28-14(21)13(20)23-3/h11H,5-9H2,1-4H3,(H,16,18)(H,17,19)/t11-,27?/m0/s1. The summed E-state index contributed by atoms with van der Waals surface area (Å²) in [5.41, 5.74) is -0.734. The van der Waals surface area contributed by atoms with E-state index in [1.54, 1.807) is 13.8 Å². The number of amides is 2. The molecule has 2 N–H and O–H groups in total. The molecule has 1 rings (SSSR count). The molecule has 2 amide bonds. The van der Waals surface area contributed by atoms with Gasteiger partial charge in [0.2, 0.25) is 11.8 Å². The summed E-state index contributed by atoms with van der Waals surface area (Å²) in [6.45, 7) is 3.66. The molecule has 160 valence electrons. The Labute approximate surface area is 167 Å². The van der Waals surface area contributed by atoms with Gasteiger partial charge in [-0.15, -0.1) is 0 Å². The van der Waals surface area contributed by atoms with Crippen LogP contribution >= 0.6 is 19.6 Å². The second-order valence-electron chi connectivity index (χ2n) is 6.40. The van der Waals surface area contributed by atoms with Gasteiger partial charge in [-0.3, -0.25) is 28.0 Å². The van der Waals surface area contributed by atoms with Gasteiger partial charge in [-0.05, 0) is 0 Å². The van der Waals surface area contributed by atoms with Crippen LogP contribution < -0.4 is 10.6 Å². The Kier molecular flexibility index (Phi) is 9.58. The Hall–Kier alpha value is -1.46. The topological polar surface area (TPSA) is 146 Å². The lowest BCUT2D eigenvalue weighted by atomic mass is 9.87. The van der Waals surface area contributed by atoms with Gasteiger partial charge in [0, 0.05) is 37.8 Å². The molecule has 1 aliphatic heterocycles. The molecule has 0 aliphatic carbocycles. The van der Waals surface area contributed by atoms with Crippen molar-refractivity contribution in [2.75, 3.05) is 39.7 Å². The monoisotopic (exact) mass is 440 g/mol. The minimum absolute atomic E-state index is 0.00700. The van der Waals surface area contributed by atoms with E-state index in [-0.39, 0.29) is 37.8 Å². The predicted octanol–water partition coefficient (Wildman–Crippen LogP) is 0.238. The lowest BCUT2D eigenvalue weighted by molar-refractivity contribution is -0.147. The Morgan fingerprint density at radius 1 is 1.18 bits per heavy atom. The largest absolute Gasteiger partial charge is 0.475 e. The van der Waals surface area contributed by atoms with Gasteiger partial charge in [0.25, 0.3) is 5.12 Å². The fraction of sp³-hybridized carbons (Fsp3) is 0.733. The molecule has 0 aromatic carbocycles. The summed E-state index contributed by atoms with van der Waals surface area (Å²) in [4.78, 5) is 46.2. The quantitative estimate of drug-likeness (QED) is 0.233. The fourth-order valence-electron chi connectivity index (χ4n) is 2.08. The van der Waals surface area contributed by atoms with Gasteiger partial charge >= 0.3 is 13.8 Å². The van der Waals surface area contributed by atoms with Crippen LogP contribution in [0.15, 0.2) is 0 Å². The minimum Gasteiger partial charge on any atom is -0.463 e. The van der Waals surface area contributed by atoms with Crippen LogP contribution in [-0.2, 0) is 42.1 Å². The SMILES string of the molecule is COC(=O)C(=O)SCCNC(=O)CCNC(=O)[C@@H]1OP(=O)(OC)OCC1(C)C. The molecule has 0 spiro atoms. The molecular weight excluding hydrogens is 415 g/mol. The van der Waals surface area contributed by atoms with Crippen LogP contribution in [0.4, 0.5) is 0 Å². The molecule has 1 fully saturated rings. The molecule has 0 bridgehead atoms. The summed E-state index contributed by atoms with van der Waals surface area (Å²) in [6.07, 6.45) is -1.07. The highest BCUT2D eigenvalue weighted by Crippen LogP contribution is 2.56. The first kappa shape index (κ1) is 24.6. The van der Waals surface area contributed by atoms with Crippen molar-refractivity contribution < 1.29 is 42.1 Å². The average Bonchev–Trinajstić information content (AvgIpc) is 2.66. The maximum Gasteiger partial charge on any atom is 0.475 e. The normalized spacial score (nSPS) is 23.5. The lowest BCUT2D eigenvalue weighted by Crippen LogP contribution is -2.50. The maximum absolute atomic E-state index is 12.3. The van der Waals surface area contributed by atoms with Crippen LogP contribution in [0.5, 0.6) is 0 Å². The third-order valence-electron chi connectivity index (χ3n) is 3.66. The zero-order valence-corrected chi connectivity index (χ0v) is 17.9. The predicted molar refractivity (Wildman–Crippen MR) is 99.3 cm³/mol. The Balaban J connectivity index is 2.33. The number of rotatable bonds is 8. The molecule has 1 unspecified atom stereocenters. The zero-order valence-electron chi connectivity index (χ0n) is 16.1. The number of phosphoric ester groups is 1. The van der Waals surface area contributed by atoms with Crippen molar-refractivity contribution in [3.63, 3.8) is 0 Å². The molecule has 2 atom stereocenters. The van der Waals surface area contributed by atoms with Crippen molar-refractivity contribution in [1.29, 1.82) is 0 Å². The number of thioether (sulfide) groups is 1. The molecule has 0 radical (unpaired) electrons. The molecule has 13 heteroatoms. The van der Waals surface area contributed by atoms with Crippen molar-refractivity contribution >= 4 is 42.5 Å². The summed E-state index contributed by atoms with van der Waals surface area (Å²) in [5, 5.41) is 4.37. The number of carbonyl (C=O) groups excluding carboxylic acids is 4. The van der Waals surface area contributed by atoms with E-state index in [1.165, 1.54) is 0 Å². The molecule has 1 heterocycles. The van der Waals surface area contributed by atoms with E-state index in [9.17, 15) is 23.7 Å².